The minimum absolute atomic E-state index is 0.00188. The number of carbonyl (C=O) groups is 10. The third-order valence-electron chi connectivity index (χ3n) is 20.8. The number of phosphoric ester groups is 3. The topological polar surface area (TPSA) is 556 Å². The van der Waals surface area contributed by atoms with Gasteiger partial charge in [-0.3, -0.25) is 66.2 Å². The number of carbonyl (C=O) groups excluding carboxylic acids is 9. The lowest BCUT2D eigenvalue weighted by Gasteiger charge is -2.39. The molecule has 5 heterocycles. The van der Waals surface area contributed by atoms with E-state index in [1.807, 2.05) is 33.8 Å². The monoisotopic (exact) mass is 1690 g/mol. The number of anilines is 1. The number of nitrogen functional groups attached to an aromatic ring is 1. The number of likely N-dealkylation sites (tertiary alicyclic amines) is 2. The smallest absolute Gasteiger partial charge is 0.480 e. The lowest BCUT2D eigenvalue weighted by Crippen LogP contribution is -2.57. The lowest BCUT2D eigenvalue weighted by atomic mass is 9.73. The SMILES string of the molecule is CC[C@H](C)[C@@H]([C@@H](CC(=O)N1CCC[C@H]1[C@H](OC)[C@@H](C)C(=O)N[C@@H](Cc1ccccc1)C(=O)O)OC)[C@@H](C)C(=O)C(NC(=O)[C@H](C(C)C)N(C)C(=O)CCCCCN1C(=O)CC(SCCNC(=O)CCNC(=O)[C@H](O)C(C)(C)COP(=O)(O)OP(=O)(O)OC[C@@H]2O[C@H](n3cnc4c(N)ncnc43)[C@@H](O)[C@H]2OP(=O)(O)O)C1=O)C(C)C. The Balaban J connectivity index is 0.888. The average molecular weight is 1690 g/mol. The van der Waals surface area contributed by atoms with Crippen LogP contribution in [0.4, 0.5) is 5.82 Å². The number of methoxy groups -OCH3 is 2. The summed E-state index contributed by atoms with van der Waals surface area (Å²) in [6.07, 6.45) is -5.94. The Labute approximate surface area is 666 Å². The van der Waals surface area contributed by atoms with Crippen LogP contribution < -0.4 is 27.0 Å². The summed E-state index contributed by atoms with van der Waals surface area (Å²) in [4.78, 5) is 191. The second-order valence-corrected chi connectivity index (χ2v) is 35.8. The zero-order chi connectivity index (χ0) is 85.1. The van der Waals surface area contributed by atoms with Gasteiger partial charge in [0, 0.05) is 90.2 Å². The number of benzene rings is 1. The first kappa shape index (κ1) is 96.0. The number of ketones is 1. The number of nitrogens with one attached hydrogen (secondary N) is 4. The average Bonchev–Trinajstić information content (AvgIpc) is 1.37. The molecule has 3 saturated heterocycles. The zero-order valence-electron chi connectivity index (χ0n) is 66.4. The van der Waals surface area contributed by atoms with Gasteiger partial charge < -0.3 is 85.9 Å². The highest BCUT2D eigenvalue weighted by atomic mass is 32.2. The predicted molar refractivity (Wildman–Crippen MR) is 411 cm³/mol. The van der Waals surface area contributed by atoms with E-state index in [0.29, 0.717) is 45.1 Å². The molecular formula is C71H113N12O27P3S. The molecule has 114 heavy (non-hydrogen) atoms. The van der Waals surface area contributed by atoms with Crippen molar-refractivity contribution in [1.82, 2.24) is 55.5 Å². The molecule has 1 aromatic carbocycles. The maximum Gasteiger partial charge on any atom is 0.481 e. The molecule has 0 saturated carbocycles. The molecular weight excluding hydrogens is 1580 g/mol. The van der Waals surface area contributed by atoms with E-state index < -0.39 is 174 Å². The van der Waals surface area contributed by atoms with Crippen LogP contribution in [0.5, 0.6) is 0 Å². The van der Waals surface area contributed by atoms with Crippen molar-refractivity contribution in [3.05, 3.63) is 48.5 Å². The van der Waals surface area contributed by atoms with E-state index in [1.165, 1.54) is 40.0 Å². The van der Waals surface area contributed by atoms with Crippen molar-refractivity contribution in [2.24, 2.45) is 40.9 Å². The Morgan fingerprint density at radius 1 is 0.833 bits per heavy atom. The van der Waals surface area contributed by atoms with Crippen molar-refractivity contribution < 1.29 is 129 Å². The Morgan fingerprint density at radius 3 is 2.13 bits per heavy atom. The molecule has 3 aromatic rings. The number of thioether (sulfide) groups is 1. The van der Waals surface area contributed by atoms with Crippen LogP contribution in [0.15, 0.2) is 43.0 Å². The molecule has 640 valence electrons. The number of carboxylic acids is 1. The zero-order valence-corrected chi connectivity index (χ0v) is 69.9. The summed E-state index contributed by atoms with van der Waals surface area (Å²) in [5, 5.41) is 41.8. The van der Waals surface area contributed by atoms with Gasteiger partial charge in [-0.15, -0.1) is 11.8 Å². The number of nitrogens with zero attached hydrogens (tertiary/aromatic N) is 7. The standard InChI is InChI=1S/C71H113N12O27P3S/c1-14-41(6)54(47(104-12)33-52(86)81-30-21-24-46(81)60(105-13)43(8)65(91)78-45(70(95)96)32-44-22-17-15-18-23-44)42(7)58(88)55(39(2)3)79-66(92)57(40(4)5)80(11)51(85)25-19-16-20-29-82-53(87)34-49(68(82)94)114-31-28-73-50(84)26-27-74-67(93)62(90)71(9,10)36-107-113(102,103)110-112(100,101)106-35-48-61(109-111(97,98)99)59(89)69(108-48)83-38-77-56-63(72)75-37-76-64(56)83/h15,17-18,22-23,37-43,45-49,54-55,57,59-62,69,89-90H,14,16,19-21,24-36H2,1-13H3,(H,73,84)(H,74,93)(H,78,91)(H,79,92)(H,95,96)(H,100,101)(H,102,103)(H2,72,75,76)(H2,97,98,99)/t41-,42+,43+,45-,46-,47+,48-,49?,54+,55?,57-,59-,60+,61-,62-,69-/m0/s1. The number of aliphatic hydroxyl groups is 2. The van der Waals surface area contributed by atoms with Crippen LogP contribution in [0, 0.1) is 40.9 Å². The van der Waals surface area contributed by atoms with Gasteiger partial charge >= 0.3 is 29.4 Å². The van der Waals surface area contributed by atoms with Crippen molar-refractivity contribution in [2.45, 2.75) is 212 Å². The molecule has 13 N–H and O–H groups in total. The van der Waals surface area contributed by atoms with Crippen molar-refractivity contribution in [1.29, 1.82) is 0 Å². The maximum atomic E-state index is 14.9. The van der Waals surface area contributed by atoms with Crippen LogP contribution in [0.1, 0.15) is 145 Å². The van der Waals surface area contributed by atoms with Crippen molar-refractivity contribution in [2.75, 3.05) is 72.1 Å². The van der Waals surface area contributed by atoms with Crippen LogP contribution in [0.25, 0.3) is 11.2 Å². The fraction of sp³-hybridized carbons (Fsp3) is 0.704. The van der Waals surface area contributed by atoms with E-state index in [0.717, 1.165) is 39.4 Å². The third-order valence-corrected chi connectivity index (χ3v) is 25.1. The van der Waals surface area contributed by atoms with Crippen LogP contribution in [0.2, 0.25) is 0 Å². The second-order valence-electron chi connectivity index (χ2n) is 30.3. The minimum Gasteiger partial charge on any atom is -0.480 e. The van der Waals surface area contributed by atoms with Crippen LogP contribution >= 0.6 is 35.2 Å². The van der Waals surface area contributed by atoms with Gasteiger partial charge in [0.15, 0.2) is 23.5 Å². The molecule has 0 spiro atoms. The quantitative estimate of drug-likeness (QED) is 0.0219. The molecule has 6 rings (SSSR count). The molecule has 4 unspecified atom stereocenters. The number of imide groups is 1. The highest BCUT2D eigenvalue weighted by molar-refractivity contribution is 8.00. The Morgan fingerprint density at radius 2 is 1.51 bits per heavy atom. The number of rotatable bonds is 48. The van der Waals surface area contributed by atoms with Crippen LogP contribution in [-0.4, -0.2) is 261 Å². The van der Waals surface area contributed by atoms with Gasteiger partial charge in [-0.25, -0.2) is 33.4 Å². The highest BCUT2D eigenvalue weighted by Gasteiger charge is 2.52. The van der Waals surface area contributed by atoms with Gasteiger partial charge in [-0.2, -0.15) is 4.31 Å². The largest absolute Gasteiger partial charge is 0.481 e. The molecule has 0 bridgehead atoms. The number of Topliss-reactive ketones (excluding diaryl/α,β-unsaturated/α-hetero) is 1. The predicted octanol–water partition coefficient (Wildman–Crippen LogP) is 3.18. The number of aliphatic carboxylic acids is 1. The molecule has 2 aromatic heterocycles. The normalized spacial score (nSPS) is 21.9. The first-order valence-electron chi connectivity index (χ1n) is 37.8. The molecule has 3 aliphatic heterocycles. The summed E-state index contributed by atoms with van der Waals surface area (Å²) < 4.78 is 75.0. The number of ether oxygens (including phenoxy) is 3. The van der Waals surface area contributed by atoms with Gasteiger partial charge in [-0.05, 0) is 54.9 Å². The van der Waals surface area contributed by atoms with Crippen molar-refractivity contribution in [3.8, 4) is 0 Å². The Hall–Kier alpha value is -6.81. The summed E-state index contributed by atoms with van der Waals surface area (Å²) in [6.45, 7) is 15.1. The number of hydrogen-bond acceptors (Lipinski definition) is 27. The Bertz CT molecular complexity index is 3950. The molecule has 3 fully saturated rings. The first-order chi connectivity index (χ1) is 53.4. The molecule has 18 atom stereocenters. The number of imidazole rings is 1. The number of phosphoric acid groups is 3. The lowest BCUT2D eigenvalue weighted by molar-refractivity contribution is -0.146. The van der Waals surface area contributed by atoms with E-state index in [1.54, 1.807) is 56.9 Å². The fourth-order valence-corrected chi connectivity index (χ4v) is 18.2. The summed E-state index contributed by atoms with van der Waals surface area (Å²) in [6, 6.07) is 5.26. The number of fused-ring (bicyclic) bond motifs is 1. The van der Waals surface area contributed by atoms with E-state index in [-0.39, 0.29) is 110 Å². The third kappa shape index (κ3) is 26.6. The van der Waals surface area contributed by atoms with Crippen molar-refractivity contribution >= 4 is 111 Å². The van der Waals surface area contributed by atoms with E-state index in [4.69, 9.17) is 29.0 Å². The number of unbranched alkanes of at least 4 members (excludes halogenated alkanes) is 2. The van der Waals surface area contributed by atoms with Gasteiger partial charge in [0.25, 0.3) is 0 Å². The maximum absolute atomic E-state index is 14.9. The highest BCUT2D eigenvalue weighted by Crippen LogP contribution is 2.61. The molecule has 0 radical (unpaired) electrons. The Kier molecular flexibility index (Phi) is 36.3. The number of amides is 8. The second kappa shape index (κ2) is 43.1. The first-order valence-corrected chi connectivity index (χ1v) is 43.3. The fourth-order valence-electron chi connectivity index (χ4n) is 14.4. The van der Waals surface area contributed by atoms with Crippen LogP contribution in [0.3, 0.4) is 0 Å². The van der Waals surface area contributed by atoms with Gasteiger partial charge in [0.1, 0.15) is 48.3 Å². The molecule has 3 aliphatic rings. The molecule has 43 heteroatoms. The summed E-state index contributed by atoms with van der Waals surface area (Å²) in [7, 11) is -12.2. The number of aromatic nitrogens is 4. The van der Waals surface area contributed by atoms with Gasteiger partial charge in [0.05, 0.1) is 61.4 Å². The molecule has 39 nitrogen and oxygen atoms in total. The summed E-state index contributed by atoms with van der Waals surface area (Å²) in [5.74, 6) is -8.31. The number of carboxylic acid groups (broad SMARTS) is 1. The summed E-state index contributed by atoms with van der Waals surface area (Å²) in [5.41, 5.74) is 4.89. The minimum atomic E-state index is -5.66. The van der Waals surface area contributed by atoms with Gasteiger partial charge in [0.2, 0.25) is 47.3 Å². The number of likely N-dealkylation sites (N-methyl/N-ethyl adjacent to an activating group) is 1. The molecule has 8 amide bonds. The number of aliphatic hydroxyl groups excluding tert-OH is 2. The summed E-state index contributed by atoms with van der Waals surface area (Å²) >= 11 is 1.16. The molecule has 0 aliphatic carbocycles. The van der Waals surface area contributed by atoms with Crippen LogP contribution in [-0.2, 0) is 100 Å². The van der Waals surface area contributed by atoms with Gasteiger partial charge in [-0.1, -0.05) is 112 Å². The number of nitrogens with two attached hydrogens (primary N) is 1. The van der Waals surface area contributed by atoms with E-state index in [9.17, 15) is 96.5 Å². The van der Waals surface area contributed by atoms with Crippen molar-refractivity contribution in [3.63, 3.8) is 0 Å². The van der Waals surface area contributed by atoms with E-state index >= 15 is 0 Å². The number of hydrogen-bond donors (Lipinski definition) is 12. The van der Waals surface area contributed by atoms with E-state index in [2.05, 4.69) is 45.1 Å².